The van der Waals surface area contributed by atoms with Gasteiger partial charge in [0, 0.05) is 37.8 Å². The lowest BCUT2D eigenvalue weighted by atomic mass is 9.99. The van der Waals surface area contributed by atoms with E-state index >= 15 is 0 Å². The van der Waals surface area contributed by atoms with Gasteiger partial charge in [-0.3, -0.25) is 14.5 Å². The molecule has 2 amide bonds. The molecule has 192 valence electrons. The normalized spacial score (nSPS) is 19.1. The van der Waals surface area contributed by atoms with E-state index < -0.39 is 22.0 Å². The highest BCUT2D eigenvalue weighted by atomic mass is 32.2. The van der Waals surface area contributed by atoms with Crippen molar-refractivity contribution in [2.75, 3.05) is 32.7 Å². The summed E-state index contributed by atoms with van der Waals surface area (Å²) in [6.07, 6.45) is 2.42. The Hall–Kier alpha value is -1.97. The average molecular weight is 495 g/mol. The molecule has 0 aromatic heterocycles. The van der Waals surface area contributed by atoms with Crippen molar-refractivity contribution < 1.29 is 18.0 Å². The molecule has 3 unspecified atom stereocenters. The van der Waals surface area contributed by atoms with Crippen LogP contribution in [0, 0.1) is 11.8 Å². The number of sulfonamides is 1. The number of hydrogen-bond donors (Lipinski definition) is 2. The molecule has 8 nitrogen and oxygen atoms in total. The molecular formula is C25H42N4O4S. The van der Waals surface area contributed by atoms with Crippen LogP contribution in [0.1, 0.15) is 64.7 Å². The molecule has 2 N–H and O–H groups in total. The standard InChI is InChI=1S/C25H42N4O4S/c1-7-29(8-2)34(32,33)22-13-9-12-21(15-22)24(30)27-23(18(3)4)25(31)26-16-20(6)28-14-10-11-19(5)17-28/h9,12-13,15,18-20,23H,7-8,10-11,14,16-17H2,1-6H3,(H,26,31)(H,27,30). The van der Waals surface area contributed by atoms with E-state index in [1.807, 2.05) is 13.8 Å². The van der Waals surface area contributed by atoms with Crippen molar-refractivity contribution in [1.29, 1.82) is 0 Å². The minimum absolute atomic E-state index is 0.0685. The zero-order chi connectivity index (χ0) is 25.5. The summed E-state index contributed by atoms with van der Waals surface area (Å²) in [5, 5.41) is 5.81. The lowest BCUT2D eigenvalue weighted by Crippen LogP contribution is -2.53. The molecule has 0 spiro atoms. The molecule has 1 aliphatic rings. The molecule has 34 heavy (non-hydrogen) atoms. The highest BCUT2D eigenvalue weighted by Crippen LogP contribution is 2.18. The molecular weight excluding hydrogens is 452 g/mol. The molecule has 1 saturated heterocycles. The summed E-state index contributed by atoms with van der Waals surface area (Å²) >= 11 is 0. The summed E-state index contributed by atoms with van der Waals surface area (Å²) in [5.41, 5.74) is 0.211. The van der Waals surface area contributed by atoms with Gasteiger partial charge in [0.15, 0.2) is 0 Å². The molecule has 3 atom stereocenters. The topological polar surface area (TPSA) is 98.8 Å². The van der Waals surface area contributed by atoms with E-state index in [9.17, 15) is 18.0 Å². The Labute approximate surface area is 205 Å². The van der Waals surface area contributed by atoms with Gasteiger partial charge < -0.3 is 10.6 Å². The molecule has 0 bridgehead atoms. The Morgan fingerprint density at radius 2 is 1.85 bits per heavy atom. The number of nitrogens with zero attached hydrogens (tertiary/aromatic N) is 2. The molecule has 0 aliphatic carbocycles. The van der Waals surface area contributed by atoms with E-state index in [1.54, 1.807) is 26.0 Å². The Morgan fingerprint density at radius 3 is 2.44 bits per heavy atom. The first-order valence-corrected chi connectivity index (χ1v) is 13.9. The maximum absolute atomic E-state index is 13.0. The molecule has 1 heterocycles. The van der Waals surface area contributed by atoms with Gasteiger partial charge in [-0.2, -0.15) is 4.31 Å². The van der Waals surface area contributed by atoms with Crippen molar-refractivity contribution in [3.63, 3.8) is 0 Å². The second kappa shape index (κ2) is 12.7. The van der Waals surface area contributed by atoms with Crippen molar-refractivity contribution in [3.8, 4) is 0 Å². The van der Waals surface area contributed by atoms with Crippen LogP contribution in [0.2, 0.25) is 0 Å². The maximum atomic E-state index is 13.0. The van der Waals surface area contributed by atoms with Crippen LogP contribution >= 0.6 is 0 Å². The van der Waals surface area contributed by atoms with E-state index in [1.165, 1.54) is 29.3 Å². The van der Waals surface area contributed by atoms with E-state index in [0.29, 0.717) is 25.6 Å². The molecule has 1 aromatic carbocycles. The largest absolute Gasteiger partial charge is 0.353 e. The first-order chi connectivity index (χ1) is 16.0. The van der Waals surface area contributed by atoms with Crippen LogP contribution < -0.4 is 10.6 Å². The number of nitrogens with one attached hydrogen (secondary N) is 2. The highest BCUT2D eigenvalue weighted by Gasteiger charge is 2.28. The molecule has 0 saturated carbocycles. The Balaban J connectivity index is 2.06. The number of rotatable bonds is 11. The quantitative estimate of drug-likeness (QED) is 0.493. The van der Waals surface area contributed by atoms with E-state index in [4.69, 9.17) is 0 Å². The summed E-state index contributed by atoms with van der Waals surface area (Å²) < 4.78 is 27.0. The summed E-state index contributed by atoms with van der Waals surface area (Å²) in [7, 11) is -3.68. The number of amides is 2. The number of piperidine rings is 1. The van der Waals surface area contributed by atoms with Gasteiger partial charge >= 0.3 is 0 Å². The van der Waals surface area contributed by atoms with Crippen LogP contribution in [0.15, 0.2) is 29.2 Å². The van der Waals surface area contributed by atoms with Gasteiger partial charge in [0.2, 0.25) is 15.9 Å². The van der Waals surface area contributed by atoms with Crippen LogP contribution in [-0.4, -0.2) is 74.2 Å². The third-order valence-electron chi connectivity index (χ3n) is 6.56. The first-order valence-electron chi connectivity index (χ1n) is 12.4. The van der Waals surface area contributed by atoms with Crippen molar-refractivity contribution in [3.05, 3.63) is 29.8 Å². The number of likely N-dealkylation sites (tertiary alicyclic amines) is 1. The Morgan fingerprint density at radius 1 is 1.18 bits per heavy atom. The predicted octanol–water partition coefficient (Wildman–Crippen LogP) is 2.71. The van der Waals surface area contributed by atoms with E-state index in [-0.39, 0.29) is 28.3 Å². The van der Waals surface area contributed by atoms with Crippen molar-refractivity contribution >= 4 is 21.8 Å². The maximum Gasteiger partial charge on any atom is 0.251 e. The van der Waals surface area contributed by atoms with Gasteiger partial charge in [0.1, 0.15) is 6.04 Å². The summed E-state index contributed by atoms with van der Waals surface area (Å²) in [6, 6.07) is 5.47. The van der Waals surface area contributed by atoms with Crippen LogP contribution in [0.4, 0.5) is 0 Å². The Kier molecular flexibility index (Phi) is 10.5. The van der Waals surface area contributed by atoms with Gasteiger partial charge in [-0.15, -0.1) is 0 Å². The average Bonchev–Trinajstić information content (AvgIpc) is 2.81. The molecule has 2 rings (SSSR count). The number of carbonyl (C=O) groups excluding carboxylic acids is 2. The third kappa shape index (κ3) is 7.26. The second-order valence-electron chi connectivity index (χ2n) is 9.65. The van der Waals surface area contributed by atoms with Crippen LogP contribution in [-0.2, 0) is 14.8 Å². The number of carbonyl (C=O) groups is 2. The van der Waals surface area contributed by atoms with Crippen molar-refractivity contribution in [1.82, 2.24) is 19.8 Å². The monoisotopic (exact) mass is 494 g/mol. The fraction of sp³-hybridized carbons (Fsp3) is 0.680. The predicted molar refractivity (Wildman–Crippen MR) is 135 cm³/mol. The lowest BCUT2D eigenvalue weighted by molar-refractivity contribution is -0.124. The van der Waals surface area contributed by atoms with E-state index in [2.05, 4.69) is 29.4 Å². The molecule has 1 aliphatic heterocycles. The SMILES string of the molecule is CCN(CC)S(=O)(=O)c1cccc(C(=O)NC(C(=O)NCC(C)N2CCCC(C)C2)C(C)C)c1. The molecule has 1 aromatic rings. The lowest BCUT2D eigenvalue weighted by Gasteiger charge is -2.36. The number of benzene rings is 1. The van der Waals surface area contributed by atoms with Crippen LogP contribution in [0.5, 0.6) is 0 Å². The van der Waals surface area contributed by atoms with Gasteiger partial charge in [-0.25, -0.2) is 8.42 Å². The molecule has 9 heteroatoms. The van der Waals surface area contributed by atoms with Crippen LogP contribution in [0.3, 0.4) is 0 Å². The van der Waals surface area contributed by atoms with E-state index in [0.717, 1.165) is 13.1 Å². The van der Waals surface area contributed by atoms with Crippen LogP contribution in [0.25, 0.3) is 0 Å². The van der Waals surface area contributed by atoms with Crippen molar-refractivity contribution in [2.24, 2.45) is 11.8 Å². The minimum atomic E-state index is -3.68. The highest BCUT2D eigenvalue weighted by molar-refractivity contribution is 7.89. The van der Waals surface area contributed by atoms with Gasteiger partial charge in [-0.05, 0) is 56.3 Å². The zero-order valence-electron chi connectivity index (χ0n) is 21.5. The van der Waals surface area contributed by atoms with Crippen molar-refractivity contribution in [2.45, 2.75) is 71.4 Å². The fourth-order valence-electron chi connectivity index (χ4n) is 4.38. The minimum Gasteiger partial charge on any atom is -0.353 e. The summed E-state index contributed by atoms with van der Waals surface area (Å²) in [6.45, 7) is 15.0. The third-order valence-corrected chi connectivity index (χ3v) is 8.60. The van der Waals surface area contributed by atoms with Gasteiger partial charge in [0.25, 0.3) is 5.91 Å². The van der Waals surface area contributed by atoms with Gasteiger partial charge in [0.05, 0.1) is 4.90 Å². The fourth-order valence-corrected chi connectivity index (χ4v) is 5.89. The smallest absolute Gasteiger partial charge is 0.251 e. The first kappa shape index (κ1) is 28.3. The summed E-state index contributed by atoms with van der Waals surface area (Å²) in [5.74, 6) is -0.164. The molecule has 1 fully saturated rings. The Bertz CT molecular complexity index is 931. The summed E-state index contributed by atoms with van der Waals surface area (Å²) in [4.78, 5) is 28.4. The molecule has 0 radical (unpaired) electrons. The zero-order valence-corrected chi connectivity index (χ0v) is 22.3. The van der Waals surface area contributed by atoms with Gasteiger partial charge in [-0.1, -0.05) is 40.7 Å². The second-order valence-corrected chi connectivity index (χ2v) is 11.6. The number of hydrogen-bond acceptors (Lipinski definition) is 5.